The topological polar surface area (TPSA) is 140 Å². The highest BCUT2D eigenvalue weighted by molar-refractivity contribution is 5.68. The normalized spacial score (nSPS) is 15.8. The molecule has 6 N–H and O–H groups in total. The molecule has 5 aromatic carbocycles. The number of hydrogen-bond acceptors (Lipinski definition) is 8. The summed E-state index contributed by atoms with van der Waals surface area (Å²) >= 11 is 0. The number of hydrogen-bond donors (Lipinski definition) is 6. The predicted octanol–water partition coefficient (Wildman–Crippen LogP) is 6.63. The Bertz CT molecular complexity index is 1720. The first kappa shape index (κ1) is 26.7. The van der Waals surface area contributed by atoms with Crippen LogP contribution in [0, 0.1) is 0 Å². The van der Waals surface area contributed by atoms with E-state index in [1.807, 2.05) is 36.4 Å². The van der Waals surface area contributed by atoms with Gasteiger partial charge in [-0.2, -0.15) is 0 Å². The lowest BCUT2D eigenvalue weighted by atomic mass is 9.95. The maximum atomic E-state index is 10.2. The smallest absolute Gasteiger partial charge is 0.165 e. The van der Waals surface area contributed by atoms with E-state index in [1.54, 1.807) is 24.3 Å². The largest absolute Gasteiger partial charge is 0.508 e. The van der Waals surface area contributed by atoms with Gasteiger partial charge in [0.05, 0.1) is 0 Å². The molecule has 6 rings (SSSR count). The van der Waals surface area contributed by atoms with Crippen molar-refractivity contribution >= 4 is 0 Å². The summed E-state index contributed by atoms with van der Waals surface area (Å²) in [6, 6.07) is 26.8. The van der Waals surface area contributed by atoms with Gasteiger partial charge in [-0.3, -0.25) is 0 Å². The second-order valence-electron chi connectivity index (χ2n) is 10.3. The Morgan fingerprint density at radius 1 is 0.429 bits per heavy atom. The highest BCUT2D eigenvalue weighted by atomic mass is 16.6. The van der Waals surface area contributed by atoms with Gasteiger partial charge in [0.2, 0.25) is 0 Å². The van der Waals surface area contributed by atoms with Crippen molar-refractivity contribution in [2.75, 3.05) is 0 Å². The van der Waals surface area contributed by atoms with Crippen LogP contribution in [-0.2, 0) is 12.8 Å². The van der Waals surface area contributed by atoms with Gasteiger partial charge >= 0.3 is 0 Å². The second-order valence-corrected chi connectivity index (χ2v) is 10.3. The van der Waals surface area contributed by atoms with E-state index in [0.29, 0.717) is 29.0 Å². The summed E-state index contributed by atoms with van der Waals surface area (Å²) in [4.78, 5) is 0. The van der Waals surface area contributed by atoms with Gasteiger partial charge in [-0.1, -0.05) is 36.4 Å². The zero-order valence-electron chi connectivity index (χ0n) is 22.3. The van der Waals surface area contributed by atoms with Gasteiger partial charge in [-0.25, -0.2) is 0 Å². The average molecular weight is 565 g/mol. The third-order valence-electron chi connectivity index (χ3n) is 7.26. The molecule has 0 aliphatic carbocycles. The van der Waals surface area contributed by atoms with E-state index >= 15 is 0 Å². The molecule has 2 atom stereocenters. The highest BCUT2D eigenvalue weighted by Crippen LogP contribution is 2.48. The van der Waals surface area contributed by atoms with E-state index in [9.17, 15) is 30.6 Å². The van der Waals surface area contributed by atoms with Gasteiger partial charge in [0.25, 0.3) is 0 Å². The maximum Gasteiger partial charge on any atom is 0.165 e. The molecular formula is C34H28O8. The zero-order valence-corrected chi connectivity index (χ0v) is 22.3. The maximum absolute atomic E-state index is 10.2. The van der Waals surface area contributed by atoms with E-state index in [2.05, 4.69) is 0 Å². The standard InChI is InChI=1S/C34H28O8/c35-25-11-20(12-26(36)17-25)2-1-19-3-5-21(6-4-19)22-8-10-31-32(16-22)42-33(23-7-9-29(39)30(40)15-23)34(41-31)24-13-27(37)18-28(38)14-24/h3-18,33-40H,1-2H2/t33-,34-/m1/s1. The van der Waals surface area contributed by atoms with Gasteiger partial charge in [-0.05, 0) is 83.6 Å². The SMILES string of the molecule is Oc1cc(O)cc(CCc2ccc(-c3ccc4c(c3)O[C@H](c3ccc(O)c(O)c3)[C@@H](c3cc(O)cc(O)c3)O4)cc2)c1. The lowest BCUT2D eigenvalue weighted by molar-refractivity contribution is 0.0181. The molecule has 0 bridgehead atoms. The van der Waals surface area contributed by atoms with Crippen molar-refractivity contribution in [3.63, 3.8) is 0 Å². The number of phenols is 6. The van der Waals surface area contributed by atoms with Crippen LogP contribution in [0.15, 0.2) is 97.1 Å². The molecule has 0 aromatic heterocycles. The third kappa shape index (κ3) is 5.55. The Hall–Kier alpha value is -5.50. The minimum absolute atomic E-state index is 0.0368. The third-order valence-corrected chi connectivity index (χ3v) is 7.26. The molecule has 42 heavy (non-hydrogen) atoms. The molecule has 0 spiro atoms. The van der Waals surface area contributed by atoms with Crippen LogP contribution < -0.4 is 9.47 Å². The predicted molar refractivity (Wildman–Crippen MR) is 155 cm³/mol. The molecule has 0 fully saturated rings. The summed E-state index contributed by atoms with van der Waals surface area (Å²) in [6.07, 6.45) is -0.160. The van der Waals surface area contributed by atoms with Gasteiger partial charge in [0.15, 0.2) is 35.2 Å². The van der Waals surface area contributed by atoms with Crippen LogP contribution in [0.25, 0.3) is 11.1 Å². The molecule has 0 unspecified atom stereocenters. The molecule has 1 aliphatic heterocycles. The fourth-order valence-electron chi connectivity index (χ4n) is 5.21. The molecule has 212 valence electrons. The number of fused-ring (bicyclic) bond motifs is 1. The summed E-state index contributed by atoms with van der Waals surface area (Å²) in [5.74, 6) is 0.165. The molecule has 1 aliphatic rings. The van der Waals surface area contributed by atoms with Gasteiger partial charge in [0.1, 0.15) is 23.0 Å². The lowest BCUT2D eigenvalue weighted by Gasteiger charge is -2.35. The summed E-state index contributed by atoms with van der Waals surface area (Å²) < 4.78 is 12.8. The van der Waals surface area contributed by atoms with Crippen molar-refractivity contribution in [2.45, 2.75) is 25.0 Å². The van der Waals surface area contributed by atoms with E-state index in [0.717, 1.165) is 28.7 Å². The van der Waals surface area contributed by atoms with Crippen LogP contribution in [0.3, 0.4) is 0 Å². The first-order valence-electron chi connectivity index (χ1n) is 13.4. The molecule has 0 radical (unpaired) electrons. The summed E-state index contributed by atoms with van der Waals surface area (Å²) in [7, 11) is 0. The number of ether oxygens (including phenoxy) is 2. The van der Waals surface area contributed by atoms with Crippen LogP contribution in [-0.4, -0.2) is 30.6 Å². The lowest BCUT2D eigenvalue weighted by Crippen LogP contribution is -2.26. The minimum Gasteiger partial charge on any atom is -0.508 e. The molecule has 0 saturated carbocycles. The second kappa shape index (κ2) is 10.8. The van der Waals surface area contributed by atoms with Crippen molar-refractivity contribution in [2.24, 2.45) is 0 Å². The first-order chi connectivity index (χ1) is 20.2. The monoisotopic (exact) mass is 564 g/mol. The Morgan fingerprint density at radius 2 is 1.00 bits per heavy atom. The molecule has 1 heterocycles. The molecule has 8 heteroatoms. The quantitative estimate of drug-likeness (QED) is 0.126. The van der Waals surface area contributed by atoms with Crippen LogP contribution >= 0.6 is 0 Å². The Balaban J connectivity index is 1.27. The number of benzene rings is 5. The fourth-order valence-corrected chi connectivity index (χ4v) is 5.21. The van der Waals surface area contributed by atoms with Gasteiger partial charge in [0, 0.05) is 23.3 Å². The van der Waals surface area contributed by atoms with Crippen LogP contribution in [0.5, 0.6) is 46.0 Å². The zero-order chi connectivity index (χ0) is 29.4. The number of phenolic OH excluding ortho intramolecular Hbond substituents is 6. The number of aromatic hydroxyl groups is 6. The van der Waals surface area contributed by atoms with E-state index < -0.39 is 12.2 Å². The summed E-state index contributed by atoms with van der Waals surface area (Å²) in [5, 5.41) is 59.6. The number of rotatable bonds is 6. The summed E-state index contributed by atoms with van der Waals surface area (Å²) in [5.41, 5.74) is 4.79. The van der Waals surface area contributed by atoms with Gasteiger partial charge in [-0.15, -0.1) is 0 Å². The molecule has 8 nitrogen and oxygen atoms in total. The Morgan fingerprint density at radius 3 is 1.67 bits per heavy atom. The van der Waals surface area contributed by atoms with Crippen LogP contribution in [0.2, 0.25) is 0 Å². The van der Waals surface area contributed by atoms with Crippen molar-refractivity contribution < 1.29 is 40.1 Å². The summed E-state index contributed by atoms with van der Waals surface area (Å²) in [6.45, 7) is 0. The van der Waals surface area contributed by atoms with E-state index in [-0.39, 0.29) is 34.5 Å². The van der Waals surface area contributed by atoms with Crippen molar-refractivity contribution in [3.8, 4) is 57.1 Å². The van der Waals surface area contributed by atoms with Gasteiger partial charge < -0.3 is 40.1 Å². The highest BCUT2D eigenvalue weighted by Gasteiger charge is 2.35. The van der Waals surface area contributed by atoms with Crippen molar-refractivity contribution in [1.29, 1.82) is 0 Å². The fraction of sp³-hybridized carbons (Fsp3) is 0.118. The van der Waals surface area contributed by atoms with E-state index in [1.165, 1.54) is 36.4 Å². The molecule has 0 amide bonds. The van der Waals surface area contributed by atoms with Crippen molar-refractivity contribution in [3.05, 3.63) is 119 Å². The minimum atomic E-state index is -0.780. The average Bonchev–Trinajstić information content (AvgIpc) is 2.96. The van der Waals surface area contributed by atoms with Crippen LogP contribution in [0.4, 0.5) is 0 Å². The number of aryl methyl sites for hydroxylation is 2. The molecule has 5 aromatic rings. The van der Waals surface area contributed by atoms with Crippen LogP contribution in [0.1, 0.15) is 34.5 Å². The van der Waals surface area contributed by atoms with E-state index in [4.69, 9.17) is 9.47 Å². The Labute approximate surface area is 241 Å². The Kier molecular flexibility index (Phi) is 6.88. The molecular weight excluding hydrogens is 536 g/mol. The van der Waals surface area contributed by atoms with Crippen molar-refractivity contribution in [1.82, 2.24) is 0 Å². The molecule has 0 saturated heterocycles. The first-order valence-corrected chi connectivity index (χ1v) is 13.4.